The molecule has 2 aromatic carbocycles. The van der Waals surface area contributed by atoms with Gasteiger partial charge in [-0.3, -0.25) is 9.59 Å². The molecule has 7 heteroatoms. The molecule has 0 spiro atoms. The minimum atomic E-state index is -1.12. The number of nitrogens with one attached hydrogen (secondary N) is 2. The van der Waals surface area contributed by atoms with Crippen molar-refractivity contribution in [1.29, 1.82) is 0 Å². The molecule has 2 rings (SSSR count). The van der Waals surface area contributed by atoms with Crippen LogP contribution in [0.2, 0.25) is 0 Å². The van der Waals surface area contributed by atoms with Crippen molar-refractivity contribution in [3.05, 3.63) is 54.1 Å². The highest BCUT2D eigenvalue weighted by Gasteiger charge is 2.16. The Hall–Kier alpha value is -2.96. The van der Waals surface area contributed by atoms with Gasteiger partial charge < -0.3 is 15.4 Å². The van der Waals surface area contributed by atoms with E-state index in [1.807, 2.05) is 5.32 Å². The fourth-order valence-corrected chi connectivity index (χ4v) is 1.66. The van der Waals surface area contributed by atoms with Crippen LogP contribution in [-0.2, 0) is 9.59 Å². The molecule has 0 aromatic heterocycles. The minimum absolute atomic E-state index is 0.333. The fraction of sp³-hybridized carbons (Fsp3) is 0.0667. The molecule has 22 heavy (non-hydrogen) atoms. The van der Waals surface area contributed by atoms with Crippen molar-refractivity contribution in [2.75, 3.05) is 17.7 Å². The van der Waals surface area contributed by atoms with E-state index in [9.17, 15) is 18.4 Å². The third kappa shape index (κ3) is 3.78. The van der Waals surface area contributed by atoms with Crippen molar-refractivity contribution in [3.8, 4) is 5.75 Å². The van der Waals surface area contributed by atoms with Crippen LogP contribution in [0.4, 0.5) is 20.2 Å². The number of benzene rings is 2. The number of carbonyl (C=O) groups is 2. The lowest BCUT2D eigenvalue weighted by Crippen LogP contribution is -2.29. The van der Waals surface area contributed by atoms with Crippen LogP contribution in [0.5, 0.6) is 5.75 Å². The van der Waals surface area contributed by atoms with Gasteiger partial charge in [0.15, 0.2) is 0 Å². The maximum Gasteiger partial charge on any atom is 0.314 e. The Bertz CT molecular complexity index is 720. The van der Waals surface area contributed by atoms with Gasteiger partial charge in [-0.05, 0) is 24.3 Å². The Morgan fingerprint density at radius 2 is 1.73 bits per heavy atom. The monoisotopic (exact) mass is 306 g/mol. The molecule has 5 nitrogen and oxygen atoms in total. The second-order valence-electron chi connectivity index (χ2n) is 4.26. The van der Waals surface area contributed by atoms with Crippen LogP contribution in [0.1, 0.15) is 0 Å². The first kappa shape index (κ1) is 15.4. The molecule has 0 aliphatic carbocycles. The predicted molar refractivity (Wildman–Crippen MR) is 76.6 cm³/mol. The molecular weight excluding hydrogens is 294 g/mol. The molecule has 2 amide bonds. The van der Waals surface area contributed by atoms with Gasteiger partial charge in [0.05, 0.1) is 12.8 Å². The zero-order chi connectivity index (χ0) is 16.1. The quantitative estimate of drug-likeness (QED) is 0.856. The summed E-state index contributed by atoms with van der Waals surface area (Å²) in [6, 6.07) is 8.89. The largest absolute Gasteiger partial charge is 0.497 e. The smallest absolute Gasteiger partial charge is 0.314 e. The number of hydrogen-bond acceptors (Lipinski definition) is 3. The number of rotatable bonds is 3. The first-order chi connectivity index (χ1) is 10.5. The molecule has 0 bridgehead atoms. The lowest BCUT2D eigenvalue weighted by Gasteiger charge is -2.08. The van der Waals surface area contributed by atoms with Gasteiger partial charge in [0.25, 0.3) is 0 Å². The fourth-order valence-electron chi connectivity index (χ4n) is 1.66. The molecule has 0 aliphatic rings. The molecule has 0 saturated carbocycles. The molecule has 0 aliphatic heterocycles. The van der Waals surface area contributed by atoms with E-state index >= 15 is 0 Å². The van der Waals surface area contributed by atoms with Crippen molar-refractivity contribution in [2.24, 2.45) is 0 Å². The number of anilines is 2. The van der Waals surface area contributed by atoms with Crippen LogP contribution in [0.15, 0.2) is 42.5 Å². The summed E-state index contributed by atoms with van der Waals surface area (Å²) in [5, 5.41) is 4.33. The third-order valence-corrected chi connectivity index (χ3v) is 2.71. The van der Waals surface area contributed by atoms with Gasteiger partial charge in [-0.25, -0.2) is 8.78 Å². The summed E-state index contributed by atoms with van der Waals surface area (Å²) in [6.07, 6.45) is 0. The Balaban J connectivity index is 2.06. The molecule has 2 N–H and O–H groups in total. The maximum atomic E-state index is 13.4. The Kier molecular flexibility index (Phi) is 4.67. The van der Waals surface area contributed by atoms with Crippen LogP contribution >= 0.6 is 0 Å². The zero-order valence-corrected chi connectivity index (χ0v) is 11.5. The number of halogens is 2. The number of carbonyl (C=O) groups excluding carboxylic acids is 2. The van der Waals surface area contributed by atoms with Gasteiger partial charge in [-0.1, -0.05) is 6.07 Å². The molecule has 114 valence electrons. The first-order valence-corrected chi connectivity index (χ1v) is 6.21. The number of amides is 2. The van der Waals surface area contributed by atoms with Gasteiger partial charge in [0.1, 0.15) is 17.4 Å². The molecule has 0 atom stereocenters. The highest BCUT2D eigenvalue weighted by atomic mass is 19.1. The van der Waals surface area contributed by atoms with Crippen LogP contribution in [0.25, 0.3) is 0 Å². The van der Waals surface area contributed by atoms with E-state index in [2.05, 4.69) is 5.32 Å². The van der Waals surface area contributed by atoms with Crippen LogP contribution in [0.3, 0.4) is 0 Å². The zero-order valence-electron chi connectivity index (χ0n) is 11.5. The van der Waals surface area contributed by atoms with Crippen molar-refractivity contribution in [3.63, 3.8) is 0 Å². The van der Waals surface area contributed by atoms with E-state index in [0.29, 0.717) is 11.4 Å². The second-order valence-corrected chi connectivity index (χ2v) is 4.26. The molecular formula is C15H12F2N2O3. The average Bonchev–Trinajstić information content (AvgIpc) is 2.51. The summed E-state index contributed by atoms with van der Waals surface area (Å²) >= 11 is 0. The summed E-state index contributed by atoms with van der Waals surface area (Å²) in [4.78, 5) is 23.4. The van der Waals surface area contributed by atoms with Crippen molar-refractivity contribution < 1.29 is 23.1 Å². The van der Waals surface area contributed by atoms with Gasteiger partial charge in [0, 0.05) is 17.8 Å². The lowest BCUT2D eigenvalue weighted by atomic mass is 10.3. The summed E-state index contributed by atoms with van der Waals surface area (Å²) in [5.74, 6) is -3.22. The maximum absolute atomic E-state index is 13.4. The van der Waals surface area contributed by atoms with E-state index in [-0.39, 0.29) is 0 Å². The highest BCUT2D eigenvalue weighted by molar-refractivity contribution is 6.43. The van der Waals surface area contributed by atoms with Crippen molar-refractivity contribution in [1.82, 2.24) is 0 Å². The van der Waals surface area contributed by atoms with E-state index < -0.39 is 29.1 Å². The molecule has 0 radical (unpaired) electrons. The minimum Gasteiger partial charge on any atom is -0.497 e. The van der Waals surface area contributed by atoms with E-state index in [1.54, 1.807) is 18.2 Å². The van der Waals surface area contributed by atoms with Gasteiger partial charge in [0.2, 0.25) is 0 Å². The van der Waals surface area contributed by atoms with Crippen LogP contribution in [-0.4, -0.2) is 18.9 Å². The summed E-state index contributed by atoms with van der Waals surface area (Å²) < 4.78 is 31.4. The molecule has 0 fully saturated rings. The molecule has 0 heterocycles. The van der Waals surface area contributed by atoms with E-state index in [4.69, 9.17) is 4.74 Å². The molecule has 0 saturated heterocycles. The number of ether oxygens (including phenoxy) is 1. The Morgan fingerprint density at radius 3 is 2.45 bits per heavy atom. The summed E-state index contributed by atoms with van der Waals surface area (Å²) in [6.45, 7) is 0. The standard InChI is InChI=1S/C15H12F2N2O3/c1-22-11-4-2-3-10(8-11)18-14(20)15(21)19-13-7-9(16)5-6-12(13)17/h2-8H,1H3,(H,18,20)(H,19,21). The van der Waals surface area contributed by atoms with Crippen LogP contribution in [0, 0.1) is 11.6 Å². The summed E-state index contributed by atoms with van der Waals surface area (Å²) in [7, 11) is 1.46. The lowest BCUT2D eigenvalue weighted by molar-refractivity contribution is -0.133. The summed E-state index contributed by atoms with van der Waals surface area (Å²) in [5.41, 5.74) is -0.0787. The van der Waals surface area contributed by atoms with E-state index in [1.165, 1.54) is 13.2 Å². The molecule has 2 aromatic rings. The normalized spacial score (nSPS) is 9.95. The molecule has 0 unspecified atom stereocenters. The SMILES string of the molecule is COc1cccc(NC(=O)C(=O)Nc2cc(F)ccc2F)c1. The average molecular weight is 306 g/mol. The first-order valence-electron chi connectivity index (χ1n) is 6.21. The van der Waals surface area contributed by atoms with E-state index in [0.717, 1.165) is 18.2 Å². The number of hydrogen-bond donors (Lipinski definition) is 2. The second kappa shape index (κ2) is 6.66. The Morgan fingerprint density at radius 1 is 1.00 bits per heavy atom. The topological polar surface area (TPSA) is 67.4 Å². The van der Waals surface area contributed by atoms with Gasteiger partial charge >= 0.3 is 11.8 Å². The Labute approximate surface area is 124 Å². The number of methoxy groups -OCH3 is 1. The van der Waals surface area contributed by atoms with Gasteiger partial charge in [-0.15, -0.1) is 0 Å². The van der Waals surface area contributed by atoms with Crippen molar-refractivity contribution in [2.45, 2.75) is 0 Å². The third-order valence-electron chi connectivity index (χ3n) is 2.71. The highest BCUT2D eigenvalue weighted by Crippen LogP contribution is 2.17. The van der Waals surface area contributed by atoms with Gasteiger partial charge in [-0.2, -0.15) is 0 Å². The predicted octanol–water partition coefficient (Wildman–Crippen LogP) is 2.55. The van der Waals surface area contributed by atoms with Crippen molar-refractivity contribution >= 4 is 23.2 Å². The van der Waals surface area contributed by atoms with Crippen LogP contribution < -0.4 is 15.4 Å².